The summed E-state index contributed by atoms with van der Waals surface area (Å²) in [7, 11) is 2.94. The molecule has 7 amide bonds. The molecule has 7 aliphatic rings. The fourth-order valence-electron chi connectivity index (χ4n) is 12.8. The number of hydrogen-bond donors (Lipinski definition) is 7. The van der Waals surface area contributed by atoms with Crippen molar-refractivity contribution in [2.24, 2.45) is 38.5 Å². The largest absolute Gasteiger partial charge is 0.387 e. The molecule has 9 rings (SSSR count). The molecule has 22 nitrogen and oxygen atoms in total. The molecule has 0 aromatic heterocycles. The van der Waals surface area contributed by atoms with E-state index in [9.17, 15) is 33.6 Å². The smallest absolute Gasteiger partial charge is 0.251 e. The fraction of sp³-hybridized carbons (Fsp3) is 0.682. The number of oxime groups is 2. The maximum atomic E-state index is 14.7. The Kier molecular flexibility index (Phi) is 22.2. The summed E-state index contributed by atoms with van der Waals surface area (Å²) >= 11 is 0. The van der Waals surface area contributed by atoms with Gasteiger partial charge in [0.05, 0.1) is 48.7 Å². The molecule has 2 spiro atoms. The van der Waals surface area contributed by atoms with Gasteiger partial charge in [0.1, 0.15) is 18.1 Å². The predicted molar refractivity (Wildman–Crippen MR) is 334 cm³/mol. The summed E-state index contributed by atoms with van der Waals surface area (Å²) in [5.74, 6) is -2.22. The van der Waals surface area contributed by atoms with Gasteiger partial charge in [0, 0.05) is 52.0 Å². The third kappa shape index (κ3) is 16.7. The Labute approximate surface area is 519 Å². The molecular weight excluding hydrogens is 1120 g/mol. The monoisotopic (exact) mass is 1220 g/mol. The molecule has 2 aromatic carbocycles. The Morgan fingerprint density at radius 2 is 1.01 bits per heavy atom. The van der Waals surface area contributed by atoms with E-state index in [-0.39, 0.29) is 79.4 Å². The number of amides is 7. The van der Waals surface area contributed by atoms with Gasteiger partial charge in [0.2, 0.25) is 29.5 Å². The van der Waals surface area contributed by atoms with Crippen molar-refractivity contribution in [1.82, 2.24) is 36.4 Å². The third-order valence-electron chi connectivity index (χ3n) is 18.4. The summed E-state index contributed by atoms with van der Waals surface area (Å²) in [5.41, 5.74) is 13.3. The van der Waals surface area contributed by atoms with E-state index in [1.807, 2.05) is 116 Å². The molecule has 2 saturated heterocycles. The van der Waals surface area contributed by atoms with Crippen molar-refractivity contribution in [1.29, 1.82) is 0 Å². The second-order valence-corrected chi connectivity index (χ2v) is 27.8. The molecule has 4 heterocycles. The lowest BCUT2D eigenvalue weighted by Crippen LogP contribution is -2.61. The zero-order valence-corrected chi connectivity index (χ0v) is 53.6. The van der Waals surface area contributed by atoms with E-state index >= 15 is 0 Å². The molecule has 2 aromatic rings. The average Bonchev–Trinajstić information content (AvgIpc) is 1.72. The van der Waals surface area contributed by atoms with Gasteiger partial charge in [-0.05, 0) is 79.2 Å². The fourth-order valence-corrected chi connectivity index (χ4v) is 12.8. The first-order valence-corrected chi connectivity index (χ1v) is 32.1. The Morgan fingerprint density at radius 1 is 0.591 bits per heavy atom. The van der Waals surface area contributed by atoms with Crippen molar-refractivity contribution in [2.75, 3.05) is 27.3 Å². The van der Waals surface area contributed by atoms with Crippen molar-refractivity contribution in [2.45, 2.75) is 242 Å². The van der Waals surface area contributed by atoms with Gasteiger partial charge >= 0.3 is 0 Å². The van der Waals surface area contributed by atoms with Crippen LogP contribution < -0.4 is 38.1 Å². The summed E-state index contributed by atoms with van der Waals surface area (Å²) in [4.78, 5) is 111. The number of nitrogens with one attached hydrogen (secondary N) is 5. The maximum absolute atomic E-state index is 14.7. The van der Waals surface area contributed by atoms with E-state index < -0.39 is 82.4 Å². The van der Waals surface area contributed by atoms with Crippen LogP contribution >= 0.6 is 0 Å². The second-order valence-electron chi connectivity index (χ2n) is 27.8. The first-order valence-electron chi connectivity index (χ1n) is 32.1. The van der Waals surface area contributed by atoms with Gasteiger partial charge in [-0.1, -0.05) is 158 Å². The van der Waals surface area contributed by atoms with E-state index in [0.29, 0.717) is 32.1 Å². The number of carbonyl (C=O) groups is 7. The summed E-state index contributed by atoms with van der Waals surface area (Å²) in [5, 5.41) is 23.9. The highest BCUT2D eigenvalue weighted by Gasteiger charge is 2.57. The maximum Gasteiger partial charge on any atom is 0.251 e. The van der Waals surface area contributed by atoms with Crippen molar-refractivity contribution >= 4 is 52.8 Å². The predicted octanol–water partition coefficient (Wildman–Crippen LogP) is 5.27. The van der Waals surface area contributed by atoms with Crippen LogP contribution in [0.2, 0.25) is 0 Å². The number of carbonyl (C=O) groups excluding carboxylic acids is 7. The quantitative estimate of drug-likeness (QED) is 0.0747. The van der Waals surface area contributed by atoms with Gasteiger partial charge in [-0.15, -0.1) is 0 Å². The van der Waals surface area contributed by atoms with Crippen molar-refractivity contribution in [3.63, 3.8) is 0 Å². The number of hydrogen-bond acceptors (Lipinski definition) is 15. The van der Waals surface area contributed by atoms with Crippen LogP contribution in [0.25, 0.3) is 0 Å². The number of ether oxygens (including phenoxy) is 2. The topological polar surface area (TPSA) is 300 Å². The average molecular weight is 1220 g/mol. The minimum atomic E-state index is -0.946. The highest BCUT2D eigenvalue weighted by atomic mass is 16.7. The Bertz CT molecular complexity index is 2830. The molecule has 22 heteroatoms. The molecule has 4 aliphatic heterocycles. The van der Waals surface area contributed by atoms with Crippen LogP contribution in [0, 0.1) is 16.7 Å². The van der Waals surface area contributed by atoms with Crippen LogP contribution in [-0.2, 0) is 52.7 Å². The number of rotatable bonds is 23. The lowest BCUT2D eigenvalue weighted by atomic mass is 9.82. The summed E-state index contributed by atoms with van der Waals surface area (Å²) in [6.45, 7) is 15.7. The number of benzene rings is 2. The minimum absolute atomic E-state index is 0.0693. The van der Waals surface area contributed by atoms with Crippen molar-refractivity contribution in [3.05, 3.63) is 71.8 Å². The Hall–Kier alpha value is -6.49. The molecule has 0 radical (unpaired) electrons. The Balaban J connectivity index is 0.000000234. The zero-order chi connectivity index (χ0) is 63.7. The number of likely N-dealkylation sites (tertiary alicyclic amines) is 2. The van der Waals surface area contributed by atoms with Crippen LogP contribution in [0.1, 0.15) is 176 Å². The number of nitrogens with zero attached hydrogens (tertiary/aromatic N) is 4. The van der Waals surface area contributed by atoms with Crippen LogP contribution in [0.4, 0.5) is 0 Å². The Morgan fingerprint density at radius 3 is 1.39 bits per heavy atom. The van der Waals surface area contributed by atoms with E-state index in [2.05, 4.69) is 36.9 Å². The molecule has 3 aliphatic carbocycles. The van der Waals surface area contributed by atoms with E-state index in [4.69, 9.17) is 30.6 Å². The van der Waals surface area contributed by atoms with E-state index in [1.54, 1.807) is 4.90 Å². The molecule has 9 N–H and O–H groups in total. The van der Waals surface area contributed by atoms with Gasteiger partial charge in [-0.3, -0.25) is 33.6 Å². The van der Waals surface area contributed by atoms with Gasteiger partial charge in [-0.25, -0.2) is 0 Å². The number of nitrogens with two attached hydrogens (primary N) is 2. The number of methoxy groups -OCH3 is 2. The first kappa shape index (κ1) is 67.4. The summed E-state index contributed by atoms with van der Waals surface area (Å²) < 4.78 is 11.2. The van der Waals surface area contributed by atoms with Gasteiger partial charge in [0.25, 0.3) is 11.8 Å². The standard InChI is InChI=1S/C37H56N6O6.C29H43N5O5/c1-6-13-26(30(48-5)34(46)39-25-18-19-25)40-32(44)28-21-37(20-27(42-49-37)23-14-9-7-10-15-23)22-43(28)35(47)31(36(2,3)4)41-33(45)29(38)24-16-11-8-12-17-24;1-6-10-20(23(38-5)26(36)31-19-13-14-19)32-25(35)22-16-29(17-34(22)27(37)24(30)28(2,3)4)15-21(33-39-29)18-11-8-7-9-12-18/h7,9-10,14-15,24-26,28-31H,6,8,11-13,16-22,38H2,1-5H3,(H,39,46)(H,40,44)(H,41,45);7-9,11-12,19-20,22-24H,6,10,13-17,30H2,1-5H3,(H,31,36)(H,32,35)/t26-,28-,29-,30?,31+,37+;20-,22-,23?,24+,29+/m00/s1. The van der Waals surface area contributed by atoms with Crippen LogP contribution in [-0.4, -0.2) is 168 Å². The van der Waals surface area contributed by atoms with E-state index in [0.717, 1.165) is 86.8 Å². The normalized spacial score (nSPS) is 25.1. The third-order valence-corrected chi connectivity index (χ3v) is 18.4. The minimum Gasteiger partial charge on any atom is -0.387 e. The van der Waals surface area contributed by atoms with Gasteiger partial charge < -0.3 is 67.0 Å². The highest BCUT2D eigenvalue weighted by molar-refractivity contribution is 6.03. The highest BCUT2D eigenvalue weighted by Crippen LogP contribution is 2.42. The lowest BCUT2D eigenvalue weighted by molar-refractivity contribution is -0.145. The molecular formula is C66H99N11O11. The van der Waals surface area contributed by atoms with Crippen LogP contribution in [0.3, 0.4) is 0 Å². The second kappa shape index (κ2) is 29.0. The molecule has 0 bridgehead atoms. The summed E-state index contributed by atoms with van der Waals surface area (Å²) in [6, 6.07) is 14.4. The lowest BCUT2D eigenvalue weighted by Gasteiger charge is -2.37. The van der Waals surface area contributed by atoms with Crippen molar-refractivity contribution < 1.29 is 52.7 Å². The molecule has 88 heavy (non-hydrogen) atoms. The molecule has 484 valence electrons. The molecule has 2 unspecified atom stereocenters. The van der Waals surface area contributed by atoms with Crippen LogP contribution in [0.15, 0.2) is 71.0 Å². The molecule has 5 fully saturated rings. The summed E-state index contributed by atoms with van der Waals surface area (Å²) in [6.07, 6.45) is 10.9. The van der Waals surface area contributed by atoms with E-state index in [1.165, 1.54) is 19.1 Å². The first-order chi connectivity index (χ1) is 41.8. The van der Waals surface area contributed by atoms with Gasteiger partial charge in [0.15, 0.2) is 23.4 Å². The van der Waals surface area contributed by atoms with Gasteiger partial charge in [-0.2, -0.15) is 0 Å². The van der Waals surface area contributed by atoms with Crippen molar-refractivity contribution in [3.8, 4) is 0 Å². The van der Waals surface area contributed by atoms with Crippen LogP contribution in [0.5, 0.6) is 0 Å². The SMILES string of the molecule is CCC[C@H](NC(=O)[C@@H]1C[C@]2(CC(c3ccccc3)=NO2)CN1C(=O)[C@@H](N)C(C)(C)C)C(OC)C(=O)NC1CC1.CCC[C@H](NC(=O)[C@@H]1C[C@]2(CC(c3ccccc3)=NO2)CN1C(=O)[C@@H](NC(=O)[C@@H](N)C1CCCCC1)C(C)(C)C)C(OC)C(=O)NC1CC1. The molecule has 3 saturated carbocycles. The zero-order valence-electron chi connectivity index (χ0n) is 53.6. The molecule has 11 atom stereocenters.